The highest BCUT2D eigenvalue weighted by Crippen LogP contribution is 2.71. The summed E-state index contributed by atoms with van der Waals surface area (Å²) in [6.45, 7) is 11.3. The smallest absolute Gasteiger partial charge is 0.158 e. The maximum absolute atomic E-state index is 13.7. The molecule has 35 heavy (non-hydrogen) atoms. The highest BCUT2D eigenvalue weighted by Gasteiger charge is 2.72. The van der Waals surface area contributed by atoms with Gasteiger partial charge >= 0.3 is 0 Å². The predicted molar refractivity (Wildman–Crippen MR) is 137 cm³/mol. The predicted octanol–water partition coefficient (Wildman–Crippen LogP) is 6.34. The van der Waals surface area contributed by atoms with Crippen LogP contribution in [0.5, 0.6) is 0 Å². The summed E-state index contributed by atoms with van der Waals surface area (Å²) in [7, 11) is 0. The molecular formula is C30H38O4S. The monoisotopic (exact) mass is 494 g/mol. The van der Waals surface area contributed by atoms with Crippen molar-refractivity contribution in [3.63, 3.8) is 0 Å². The molecule has 5 heteroatoms. The molecule has 1 aromatic carbocycles. The van der Waals surface area contributed by atoms with Gasteiger partial charge in [-0.15, -0.1) is 0 Å². The van der Waals surface area contributed by atoms with E-state index in [1.54, 1.807) is 0 Å². The average Bonchev–Trinajstić information content (AvgIpc) is 3.01. The van der Waals surface area contributed by atoms with Crippen molar-refractivity contribution in [3.8, 4) is 0 Å². The van der Waals surface area contributed by atoms with Gasteiger partial charge in [-0.05, 0) is 81.6 Å². The number of fused-ring (bicyclic) bond motifs is 3. The minimum absolute atomic E-state index is 0.0429. The topological polar surface area (TPSA) is 58.6 Å². The van der Waals surface area contributed by atoms with Crippen LogP contribution >= 0.6 is 0 Å². The van der Waals surface area contributed by atoms with Gasteiger partial charge in [-0.25, -0.2) is 0 Å². The number of hydrogen-bond donors (Lipinski definition) is 0. The number of benzene rings is 1. The number of ketones is 1. The molecule has 1 saturated heterocycles. The summed E-state index contributed by atoms with van der Waals surface area (Å²) in [6.07, 6.45) is 9.61. The van der Waals surface area contributed by atoms with Crippen LogP contribution in [0, 0.1) is 28.6 Å². The van der Waals surface area contributed by atoms with E-state index in [2.05, 4.69) is 27.4 Å². The highest BCUT2D eigenvalue weighted by atomic mass is 32.2. The third-order valence-electron chi connectivity index (χ3n) is 10.7. The molecule has 0 N–H and O–H groups in total. The van der Waals surface area contributed by atoms with E-state index >= 15 is 0 Å². The number of rotatable bonds is 4. The molecule has 2 bridgehead atoms. The van der Waals surface area contributed by atoms with Gasteiger partial charge in [0.25, 0.3) is 0 Å². The normalized spacial score (nSPS) is 45.1. The average molecular weight is 495 g/mol. The standard InChI is InChI=1S/C30H38O4S/c1-5-27-33-26-14-16-30(34-27)24-12-11-20-17-21(31)18-25(19(2)35(32)22-9-7-6-8-10-22)29(20,4)23(24)13-15-28(26,30)3/h6-10,17,23-27H,2,5,11-16,18H2,1,3-4H3/t23-,24+,25?,26+,27?,28+,29-,30+,35?/m0/s1. The Bertz CT molecular complexity index is 1070. The first-order chi connectivity index (χ1) is 16.7. The Morgan fingerprint density at radius 3 is 2.66 bits per heavy atom. The lowest BCUT2D eigenvalue weighted by Gasteiger charge is -2.65. The highest BCUT2D eigenvalue weighted by molar-refractivity contribution is 7.95. The summed E-state index contributed by atoms with van der Waals surface area (Å²) >= 11 is -1.35. The van der Waals surface area contributed by atoms with Gasteiger partial charge in [0.1, 0.15) is 4.91 Å². The van der Waals surface area contributed by atoms with Gasteiger partial charge in [0, 0.05) is 34.3 Å². The van der Waals surface area contributed by atoms with Crippen LogP contribution in [0.1, 0.15) is 72.1 Å². The quantitative estimate of drug-likeness (QED) is 0.458. The third kappa shape index (κ3) is 3.20. The van der Waals surface area contributed by atoms with Crippen molar-refractivity contribution in [2.24, 2.45) is 28.6 Å². The molecule has 188 valence electrons. The molecule has 4 aliphatic carbocycles. The van der Waals surface area contributed by atoms with Gasteiger partial charge in [-0.1, -0.05) is 44.5 Å². The Labute approximate surface area is 212 Å². The Kier molecular flexibility index (Phi) is 5.69. The molecule has 3 saturated carbocycles. The molecule has 0 radical (unpaired) electrons. The second-order valence-corrected chi connectivity index (χ2v) is 13.5. The number of allylic oxidation sites excluding steroid dienone is 2. The van der Waals surface area contributed by atoms with Gasteiger partial charge in [0.15, 0.2) is 17.0 Å². The zero-order valence-corrected chi connectivity index (χ0v) is 22.1. The number of ether oxygens (including phenoxy) is 2. The molecule has 6 rings (SSSR count). The maximum atomic E-state index is 13.7. The van der Waals surface area contributed by atoms with Crippen molar-refractivity contribution in [3.05, 3.63) is 53.5 Å². The SMILES string of the molecule is C=C(C1CC(=O)C=C2CC[C@@H]3[C@H](CC[C@]4(C)[C@H]5CC[C@@]34OC(CC)O5)[C@]21C)[S+]([O-])c1ccccc1. The number of hydrogen-bond acceptors (Lipinski definition) is 4. The fraction of sp³-hybridized carbons (Fsp3) is 0.633. The van der Waals surface area contributed by atoms with E-state index < -0.39 is 11.2 Å². The lowest BCUT2D eigenvalue weighted by molar-refractivity contribution is -0.349. The molecule has 9 atom stereocenters. The Morgan fingerprint density at radius 2 is 1.91 bits per heavy atom. The fourth-order valence-corrected chi connectivity index (χ4v) is 10.2. The van der Waals surface area contributed by atoms with Crippen molar-refractivity contribution in [2.45, 2.75) is 95.0 Å². The maximum Gasteiger partial charge on any atom is 0.158 e. The van der Waals surface area contributed by atoms with Crippen LogP contribution in [0.25, 0.3) is 0 Å². The summed E-state index contributed by atoms with van der Waals surface area (Å²) in [4.78, 5) is 14.4. The zero-order valence-electron chi connectivity index (χ0n) is 21.3. The lowest BCUT2D eigenvalue weighted by Crippen LogP contribution is -2.67. The minimum atomic E-state index is -1.35. The minimum Gasteiger partial charge on any atom is -0.607 e. The molecule has 3 unspecified atom stereocenters. The van der Waals surface area contributed by atoms with Crippen LogP contribution in [0.3, 0.4) is 0 Å². The first kappa shape index (κ1) is 24.0. The summed E-state index contributed by atoms with van der Waals surface area (Å²) < 4.78 is 27.0. The number of carbonyl (C=O) groups excluding carboxylic acids is 1. The van der Waals surface area contributed by atoms with Crippen LogP contribution in [0.4, 0.5) is 0 Å². The summed E-state index contributed by atoms with van der Waals surface area (Å²) in [5.41, 5.74) is 0.900. The van der Waals surface area contributed by atoms with Crippen LogP contribution in [0.15, 0.2) is 58.4 Å². The van der Waals surface area contributed by atoms with Crippen LogP contribution in [0.2, 0.25) is 0 Å². The van der Waals surface area contributed by atoms with E-state index in [0.29, 0.717) is 23.2 Å². The second-order valence-electron chi connectivity index (χ2n) is 11.9. The van der Waals surface area contributed by atoms with Crippen molar-refractivity contribution < 1.29 is 18.8 Å². The van der Waals surface area contributed by atoms with Crippen LogP contribution in [-0.2, 0) is 25.4 Å². The van der Waals surface area contributed by atoms with Gasteiger partial charge in [0.2, 0.25) is 0 Å². The molecule has 4 fully saturated rings. The van der Waals surface area contributed by atoms with Crippen molar-refractivity contribution in [1.82, 2.24) is 0 Å². The second kappa shape index (κ2) is 8.31. The van der Waals surface area contributed by atoms with E-state index in [1.807, 2.05) is 36.4 Å². The molecule has 5 aliphatic rings. The summed E-state index contributed by atoms with van der Waals surface area (Å²) in [6, 6.07) is 9.57. The molecule has 1 heterocycles. The van der Waals surface area contributed by atoms with Gasteiger partial charge in [0.05, 0.1) is 11.7 Å². The van der Waals surface area contributed by atoms with E-state index in [9.17, 15) is 9.35 Å². The fourth-order valence-electron chi connectivity index (χ4n) is 8.93. The summed E-state index contributed by atoms with van der Waals surface area (Å²) in [5.74, 6) is 0.830. The van der Waals surface area contributed by atoms with Crippen molar-refractivity contribution in [1.29, 1.82) is 0 Å². The number of carbonyl (C=O) groups is 1. The first-order valence-electron chi connectivity index (χ1n) is 13.5. The van der Waals surface area contributed by atoms with Gasteiger partial charge < -0.3 is 14.0 Å². The van der Waals surface area contributed by atoms with Gasteiger partial charge in [-0.2, -0.15) is 0 Å². The first-order valence-corrected chi connectivity index (χ1v) is 14.6. The van der Waals surface area contributed by atoms with Gasteiger partial charge in [-0.3, -0.25) is 4.79 Å². The molecule has 1 aromatic rings. The Morgan fingerprint density at radius 1 is 1.14 bits per heavy atom. The van der Waals surface area contributed by atoms with Crippen molar-refractivity contribution in [2.75, 3.05) is 0 Å². The molecule has 0 amide bonds. The Hall–Kier alpha value is -1.40. The van der Waals surface area contributed by atoms with Crippen molar-refractivity contribution >= 4 is 17.0 Å². The molecule has 0 spiro atoms. The van der Waals surface area contributed by atoms with E-state index in [-0.39, 0.29) is 40.5 Å². The Balaban J connectivity index is 1.40. The summed E-state index contributed by atoms with van der Waals surface area (Å²) in [5, 5.41) is 0. The lowest BCUT2D eigenvalue weighted by atomic mass is 9.43. The van der Waals surface area contributed by atoms with Crippen LogP contribution < -0.4 is 0 Å². The van der Waals surface area contributed by atoms with E-state index in [4.69, 9.17) is 9.47 Å². The third-order valence-corrected chi connectivity index (χ3v) is 12.2. The molecule has 4 nitrogen and oxygen atoms in total. The molecule has 0 aromatic heterocycles. The largest absolute Gasteiger partial charge is 0.607 e. The molecule has 1 aliphatic heterocycles. The van der Waals surface area contributed by atoms with E-state index in [1.165, 1.54) is 5.57 Å². The zero-order chi connectivity index (χ0) is 24.6. The van der Waals surface area contributed by atoms with E-state index in [0.717, 1.165) is 49.8 Å². The molecular weight excluding hydrogens is 456 g/mol. The van der Waals surface area contributed by atoms with Crippen LogP contribution in [-0.4, -0.2) is 28.3 Å².